The Labute approximate surface area is 200 Å². The van der Waals surface area contributed by atoms with Gasteiger partial charge in [0.05, 0.1) is 16.9 Å². The molecule has 2 fully saturated rings. The van der Waals surface area contributed by atoms with Gasteiger partial charge in [0.25, 0.3) is 5.69 Å². The van der Waals surface area contributed by atoms with Gasteiger partial charge in [-0.25, -0.2) is 8.42 Å². The first-order valence-electron chi connectivity index (χ1n) is 11.4. The smallest absolute Gasteiger partial charge is 0.293 e. The van der Waals surface area contributed by atoms with Gasteiger partial charge >= 0.3 is 0 Å². The Hall–Kier alpha value is -2.89. The maximum Gasteiger partial charge on any atom is 0.293 e. The summed E-state index contributed by atoms with van der Waals surface area (Å²) in [6.45, 7) is 4.80. The molecule has 0 aromatic heterocycles. The number of anilines is 2. The fraction of sp³-hybridized carbons (Fsp3) is 0.478. The molecular weight excluding hydrogens is 458 g/mol. The molecule has 2 aliphatic rings. The molecule has 0 N–H and O–H groups in total. The molecule has 0 amide bonds. The Morgan fingerprint density at radius 2 is 1.53 bits per heavy atom. The zero-order chi connectivity index (χ0) is 24.3. The van der Waals surface area contributed by atoms with E-state index in [4.69, 9.17) is 4.74 Å². The largest absolute Gasteiger partial charge is 0.497 e. The minimum Gasteiger partial charge on any atom is -0.497 e. The lowest BCUT2D eigenvalue weighted by Crippen LogP contribution is -2.47. The van der Waals surface area contributed by atoms with Crippen LogP contribution in [0.5, 0.6) is 5.75 Å². The summed E-state index contributed by atoms with van der Waals surface area (Å²) in [5, 5.41) is 11.9. The number of likely N-dealkylation sites (N-methyl/N-ethyl adjacent to an activating group) is 1. The van der Waals surface area contributed by atoms with Crippen molar-refractivity contribution in [3.05, 3.63) is 52.6 Å². The van der Waals surface area contributed by atoms with E-state index in [-0.39, 0.29) is 10.6 Å². The molecule has 2 saturated heterocycles. The number of sulfonamides is 1. The Morgan fingerprint density at radius 1 is 0.882 bits per heavy atom. The van der Waals surface area contributed by atoms with Gasteiger partial charge in [-0.15, -0.1) is 0 Å². The molecule has 2 aliphatic heterocycles. The van der Waals surface area contributed by atoms with Crippen molar-refractivity contribution in [3.8, 4) is 5.75 Å². The van der Waals surface area contributed by atoms with Gasteiger partial charge in [0.15, 0.2) is 0 Å². The highest BCUT2D eigenvalue weighted by Crippen LogP contribution is 2.33. The number of piperazine rings is 1. The van der Waals surface area contributed by atoms with Gasteiger partial charge in [-0.05, 0) is 49.9 Å². The summed E-state index contributed by atoms with van der Waals surface area (Å²) < 4.78 is 32.9. The Bertz CT molecular complexity index is 1120. The summed E-state index contributed by atoms with van der Waals surface area (Å²) in [7, 11) is -0.204. The third-order valence-electron chi connectivity index (χ3n) is 6.52. The first kappa shape index (κ1) is 24.2. The SMILES string of the molecule is COc1ccc(N2CCCN(c3ccc(S(=O)(=O)N4CCN(C)CC4)cc3[N+](=O)[O-])CC2)cc1. The summed E-state index contributed by atoms with van der Waals surface area (Å²) in [4.78, 5) is 17.7. The van der Waals surface area contributed by atoms with Crippen LogP contribution in [-0.4, -0.2) is 89.1 Å². The molecule has 11 heteroatoms. The molecule has 2 aromatic rings. The Morgan fingerprint density at radius 3 is 2.18 bits per heavy atom. The Balaban J connectivity index is 1.54. The van der Waals surface area contributed by atoms with Gasteiger partial charge in [-0.2, -0.15) is 4.31 Å². The zero-order valence-electron chi connectivity index (χ0n) is 19.6. The van der Waals surface area contributed by atoms with Crippen LogP contribution in [0.2, 0.25) is 0 Å². The predicted octanol–water partition coefficient (Wildman–Crippen LogP) is 2.26. The monoisotopic (exact) mass is 489 g/mol. The molecule has 0 atom stereocenters. The third kappa shape index (κ3) is 5.11. The second kappa shape index (κ2) is 10.2. The predicted molar refractivity (Wildman–Crippen MR) is 131 cm³/mol. The lowest BCUT2D eigenvalue weighted by atomic mass is 10.2. The molecule has 0 aliphatic carbocycles. The number of rotatable bonds is 6. The highest BCUT2D eigenvalue weighted by atomic mass is 32.2. The fourth-order valence-corrected chi connectivity index (χ4v) is 5.91. The second-order valence-electron chi connectivity index (χ2n) is 8.64. The molecule has 184 valence electrons. The average Bonchev–Trinajstić information content (AvgIpc) is 3.10. The molecular formula is C23H31N5O5S. The molecule has 2 heterocycles. The van der Waals surface area contributed by atoms with E-state index in [2.05, 4.69) is 9.80 Å². The van der Waals surface area contributed by atoms with Crippen LogP contribution in [0.1, 0.15) is 6.42 Å². The minimum atomic E-state index is -3.78. The molecule has 10 nitrogen and oxygen atoms in total. The molecule has 2 aromatic carbocycles. The summed E-state index contributed by atoms with van der Waals surface area (Å²) in [5.41, 5.74) is 1.36. The van der Waals surface area contributed by atoms with Crippen LogP contribution in [0, 0.1) is 10.1 Å². The van der Waals surface area contributed by atoms with E-state index >= 15 is 0 Å². The van der Waals surface area contributed by atoms with Crippen molar-refractivity contribution in [2.75, 3.05) is 76.3 Å². The highest BCUT2D eigenvalue weighted by Gasteiger charge is 2.31. The van der Waals surface area contributed by atoms with Gasteiger partial charge in [-0.1, -0.05) is 0 Å². The van der Waals surface area contributed by atoms with E-state index in [1.165, 1.54) is 16.4 Å². The van der Waals surface area contributed by atoms with Crippen LogP contribution in [0.15, 0.2) is 47.4 Å². The fourth-order valence-electron chi connectivity index (χ4n) is 4.46. The van der Waals surface area contributed by atoms with Gasteiger partial charge in [0, 0.05) is 64.1 Å². The Kier molecular flexibility index (Phi) is 7.24. The van der Waals surface area contributed by atoms with Crippen molar-refractivity contribution in [3.63, 3.8) is 0 Å². The topological polar surface area (TPSA) is 99.5 Å². The standard InChI is InChI=1S/C23H31N5O5S/c1-24-12-16-27(17-13-24)34(31,32)21-8-9-22(23(18-21)28(29)30)26-11-3-10-25(14-15-26)19-4-6-20(33-2)7-5-19/h4-9,18H,3,10-17H2,1-2H3. The van der Waals surface area contributed by atoms with Crippen molar-refractivity contribution in [2.24, 2.45) is 0 Å². The van der Waals surface area contributed by atoms with Crippen molar-refractivity contribution < 1.29 is 18.1 Å². The van der Waals surface area contributed by atoms with Gasteiger partial charge < -0.3 is 19.4 Å². The van der Waals surface area contributed by atoms with Gasteiger partial charge in [-0.3, -0.25) is 10.1 Å². The quantitative estimate of drug-likeness (QED) is 0.450. The highest BCUT2D eigenvalue weighted by molar-refractivity contribution is 7.89. The molecule has 34 heavy (non-hydrogen) atoms. The van der Waals surface area contributed by atoms with Crippen LogP contribution in [0.3, 0.4) is 0 Å². The van der Waals surface area contributed by atoms with Crippen LogP contribution < -0.4 is 14.5 Å². The minimum absolute atomic E-state index is 0.0258. The summed E-state index contributed by atoms with van der Waals surface area (Å²) in [5.74, 6) is 0.794. The molecule has 0 spiro atoms. The van der Waals surface area contributed by atoms with E-state index < -0.39 is 14.9 Å². The van der Waals surface area contributed by atoms with Crippen LogP contribution in [0.4, 0.5) is 17.1 Å². The van der Waals surface area contributed by atoms with Crippen molar-refractivity contribution in [1.82, 2.24) is 9.21 Å². The summed E-state index contributed by atoms with van der Waals surface area (Å²) in [6, 6.07) is 12.2. The second-order valence-corrected chi connectivity index (χ2v) is 10.6. The molecule has 0 bridgehead atoms. The maximum atomic E-state index is 13.1. The lowest BCUT2D eigenvalue weighted by Gasteiger charge is -2.31. The number of hydrogen-bond donors (Lipinski definition) is 0. The van der Waals surface area contributed by atoms with Crippen LogP contribution in [-0.2, 0) is 10.0 Å². The number of hydrogen-bond acceptors (Lipinski definition) is 8. The molecule has 4 rings (SSSR count). The van der Waals surface area contributed by atoms with E-state index in [9.17, 15) is 18.5 Å². The molecule has 0 unspecified atom stereocenters. The lowest BCUT2D eigenvalue weighted by molar-refractivity contribution is -0.384. The summed E-state index contributed by atoms with van der Waals surface area (Å²) >= 11 is 0. The van der Waals surface area contributed by atoms with E-state index in [1.54, 1.807) is 13.2 Å². The van der Waals surface area contributed by atoms with E-state index in [1.807, 2.05) is 36.2 Å². The van der Waals surface area contributed by atoms with Crippen LogP contribution in [0.25, 0.3) is 0 Å². The maximum absolute atomic E-state index is 13.1. The molecule has 0 saturated carbocycles. The number of nitro groups is 1. The van der Waals surface area contributed by atoms with E-state index in [0.717, 1.165) is 24.4 Å². The first-order chi connectivity index (χ1) is 16.3. The van der Waals surface area contributed by atoms with Crippen molar-refractivity contribution in [1.29, 1.82) is 0 Å². The third-order valence-corrected chi connectivity index (χ3v) is 8.41. The summed E-state index contributed by atoms with van der Waals surface area (Å²) in [6.07, 6.45) is 0.824. The van der Waals surface area contributed by atoms with Crippen LogP contribution >= 0.6 is 0 Å². The average molecular weight is 490 g/mol. The number of nitrogens with zero attached hydrogens (tertiary/aromatic N) is 5. The number of ether oxygens (including phenoxy) is 1. The van der Waals surface area contributed by atoms with E-state index in [0.29, 0.717) is 51.5 Å². The first-order valence-corrected chi connectivity index (χ1v) is 12.8. The van der Waals surface area contributed by atoms with Crippen molar-refractivity contribution in [2.45, 2.75) is 11.3 Å². The number of nitro benzene ring substituents is 1. The normalized spacial score (nSPS) is 18.5. The van der Waals surface area contributed by atoms with Gasteiger partial charge in [0.2, 0.25) is 10.0 Å². The zero-order valence-corrected chi connectivity index (χ0v) is 20.4. The van der Waals surface area contributed by atoms with Gasteiger partial charge in [0.1, 0.15) is 11.4 Å². The van der Waals surface area contributed by atoms with Crippen molar-refractivity contribution >= 4 is 27.1 Å². The number of methoxy groups -OCH3 is 1. The number of benzene rings is 2. The molecule has 0 radical (unpaired) electrons.